The Balaban J connectivity index is 1.26. The Kier molecular flexibility index (Phi) is 6.55. The van der Waals surface area contributed by atoms with Gasteiger partial charge >= 0.3 is 0 Å². The summed E-state index contributed by atoms with van der Waals surface area (Å²) in [7, 11) is 3.58. The predicted octanol–water partition coefficient (Wildman–Crippen LogP) is 2.37. The number of amides is 1. The zero-order valence-corrected chi connectivity index (χ0v) is 19.2. The van der Waals surface area contributed by atoms with Gasteiger partial charge in [0.25, 0.3) is 0 Å². The predicted molar refractivity (Wildman–Crippen MR) is 119 cm³/mol. The summed E-state index contributed by atoms with van der Waals surface area (Å²) < 4.78 is 12.5. The van der Waals surface area contributed by atoms with Gasteiger partial charge in [-0.2, -0.15) is 10.1 Å². The zero-order chi connectivity index (χ0) is 22.7. The summed E-state index contributed by atoms with van der Waals surface area (Å²) in [6.07, 6.45) is 1.25. The number of carbonyl (C=O) groups excluding carboxylic acids is 1. The maximum atomic E-state index is 12.7. The van der Waals surface area contributed by atoms with Crippen LogP contribution >= 0.6 is 0 Å². The van der Waals surface area contributed by atoms with E-state index in [1.54, 1.807) is 7.11 Å². The lowest BCUT2D eigenvalue weighted by Gasteiger charge is -2.34. The maximum Gasteiger partial charge on any atom is 0.241 e. The van der Waals surface area contributed by atoms with E-state index in [2.05, 4.69) is 27.1 Å². The maximum absolute atomic E-state index is 12.7. The van der Waals surface area contributed by atoms with Crippen LogP contribution in [0.3, 0.4) is 0 Å². The van der Waals surface area contributed by atoms with Crippen LogP contribution < -0.4 is 4.74 Å². The fourth-order valence-electron chi connectivity index (χ4n) is 4.09. The molecule has 3 aromatic rings. The van der Waals surface area contributed by atoms with Crippen LogP contribution in [0.5, 0.6) is 5.75 Å². The molecular weight excluding hydrogens is 408 g/mol. The molecule has 0 radical (unpaired) electrons. The standard InChI is InChI=1S/C23H30N6O3/c1-16-20(17(2)27(3)25-16)9-10-22(30)29-13-11-28(12-14-29)15-21-24-23(26-32-21)18-5-7-19(31-4)8-6-18/h5-8H,9-15H2,1-4H3. The van der Waals surface area contributed by atoms with E-state index in [0.29, 0.717) is 37.8 Å². The molecule has 170 valence electrons. The number of ether oxygens (including phenoxy) is 1. The Morgan fingerprint density at radius 1 is 1.12 bits per heavy atom. The minimum absolute atomic E-state index is 0.201. The van der Waals surface area contributed by atoms with E-state index in [-0.39, 0.29) is 5.91 Å². The lowest BCUT2D eigenvalue weighted by Crippen LogP contribution is -2.48. The van der Waals surface area contributed by atoms with Gasteiger partial charge in [-0.15, -0.1) is 0 Å². The molecule has 1 aliphatic heterocycles. The first kappa shape index (κ1) is 22.0. The summed E-state index contributed by atoms with van der Waals surface area (Å²) in [5.41, 5.74) is 4.21. The average Bonchev–Trinajstić information content (AvgIpc) is 3.36. The third-order valence-electron chi connectivity index (χ3n) is 6.15. The number of aryl methyl sites for hydroxylation is 2. The summed E-state index contributed by atoms with van der Waals surface area (Å²) in [4.78, 5) is 21.4. The molecule has 1 fully saturated rings. The molecule has 0 aliphatic carbocycles. The van der Waals surface area contributed by atoms with E-state index in [9.17, 15) is 4.79 Å². The van der Waals surface area contributed by atoms with E-state index in [0.717, 1.165) is 42.2 Å². The van der Waals surface area contributed by atoms with Gasteiger partial charge in [0.2, 0.25) is 17.6 Å². The lowest BCUT2D eigenvalue weighted by molar-refractivity contribution is -0.133. The molecule has 0 saturated carbocycles. The Labute approximate surface area is 188 Å². The Morgan fingerprint density at radius 2 is 1.84 bits per heavy atom. The third-order valence-corrected chi connectivity index (χ3v) is 6.15. The summed E-state index contributed by atoms with van der Waals surface area (Å²) in [5.74, 6) is 2.14. The van der Waals surface area contributed by atoms with Crippen molar-refractivity contribution in [1.82, 2.24) is 29.7 Å². The van der Waals surface area contributed by atoms with Gasteiger partial charge in [0.05, 0.1) is 19.3 Å². The summed E-state index contributed by atoms with van der Waals surface area (Å²) >= 11 is 0. The van der Waals surface area contributed by atoms with Crippen molar-refractivity contribution in [2.45, 2.75) is 33.2 Å². The fraction of sp³-hybridized carbons (Fsp3) is 0.478. The molecule has 32 heavy (non-hydrogen) atoms. The number of benzene rings is 1. The summed E-state index contributed by atoms with van der Waals surface area (Å²) in [6, 6.07) is 7.57. The van der Waals surface area contributed by atoms with Gasteiger partial charge < -0.3 is 14.2 Å². The Hall–Kier alpha value is -3.20. The van der Waals surface area contributed by atoms with Crippen LogP contribution in [0.1, 0.15) is 29.3 Å². The second-order valence-electron chi connectivity index (χ2n) is 8.17. The number of rotatable bonds is 7. The van der Waals surface area contributed by atoms with Crippen LogP contribution in [0, 0.1) is 13.8 Å². The third kappa shape index (κ3) is 4.83. The van der Waals surface area contributed by atoms with Gasteiger partial charge in [-0.25, -0.2) is 0 Å². The molecule has 0 unspecified atom stereocenters. The van der Waals surface area contributed by atoms with E-state index in [1.165, 1.54) is 5.56 Å². The van der Waals surface area contributed by atoms with Crippen LogP contribution in [0.25, 0.3) is 11.4 Å². The minimum atomic E-state index is 0.201. The molecule has 4 rings (SSSR count). The van der Waals surface area contributed by atoms with Gasteiger partial charge in [0, 0.05) is 50.9 Å². The monoisotopic (exact) mass is 438 g/mol. The van der Waals surface area contributed by atoms with Crippen molar-refractivity contribution in [1.29, 1.82) is 0 Å². The topological polar surface area (TPSA) is 89.5 Å². The number of hydrogen-bond donors (Lipinski definition) is 0. The van der Waals surface area contributed by atoms with Gasteiger partial charge in [0.15, 0.2) is 0 Å². The van der Waals surface area contributed by atoms with Gasteiger partial charge in [-0.1, -0.05) is 5.16 Å². The molecule has 0 bridgehead atoms. The lowest BCUT2D eigenvalue weighted by atomic mass is 10.1. The number of aromatic nitrogens is 4. The molecule has 3 heterocycles. The van der Waals surface area contributed by atoms with E-state index >= 15 is 0 Å². The number of hydrogen-bond acceptors (Lipinski definition) is 7. The first-order valence-corrected chi connectivity index (χ1v) is 10.9. The van der Waals surface area contributed by atoms with Crippen LogP contribution in [0.4, 0.5) is 0 Å². The number of nitrogens with zero attached hydrogens (tertiary/aromatic N) is 6. The van der Waals surface area contributed by atoms with Crippen molar-refractivity contribution in [3.05, 3.63) is 47.1 Å². The van der Waals surface area contributed by atoms with Crippen LogP contribution in [0.15, 0.2) is 28.8 Å². The number of carbonyl (C=O) groups is 1. The Morgan fingerprint density at radius 3 is 2.47 bits per heavy atom. The number of piperazine rings is 1. The normalized spacial score (nSPS) is 14.7. The zero-order valence-electron chi connectivity index (χ0n) is 19.2. The van der Waals surface area contributed by atoms with Crippen LogP contribution in [-0.4, -0.2) is 68.9 Å². The largest absolute Gasteiger partial charge is 0.497 e. The highest BCUT2D eigenvalue weighted by Gasteiger charge is 2.23. The van der Waals surface area contributed by atoms with E-state index in [4.69, 9.17) is 9.26 Å². The highest BCUT2D eigenvalue weighted by molar-refractivity contribution is 5.76. The number of methoxy groups -OCH3 is 1. The molecule has 1 amide bonds. The highest BCUT2D eigenvalue weighted by atomic mass is 16.5. The van der Waals surface area contributed by atoms with Gasteiger partial charge in [-0.05, 0) is 50.1 Å². The quantitative estimate of drug-likeness (QED) is 0.559. The molecule has 1 aromatic carbocycles. The first-order chi connectivity index (χ1) is 15.4. The van der Waals surface area contributed by atoms with E-state index < -0.39 is 0 Å². The smallest absolute Gasteiger partial charge is 0.241 e. The SMILES string of the molecule is COc1ccc(-c2noc(CN3CCN(C(=O)CCc4c(C)nn(C)c4C)CC3)n2)cc1. The fourth-order valence-corrected chi connectivity index (χ4v) is 4.09. The molecule has 2 aromatic heterocycles. The van der Waals surface area contributed by atoms with Crippen LogP contribution in [0.2, 0.25) is 0 Å². The molecule has 0 atom stereocenters. The van der Waals surface area contributed by atoms with Crippen molar-refractivity contribution < 1.29 is 14.1 Å². The van der Waals surface area contributed by atoms with Crippen molar-refractivity contribution in [3.8, 4) is 17.1 Å². The van der Waals surface area contributed by atoms with Gasteiger partial charge in [0.1, 0.15) is 5.75 Å². The average molecular weight is 439 g/mol. The second kappa shape index (κ2) is 9.52. The molecule has 1 saturated heterocycles. The minimum Gasteiger partial charge on any atom is -0.497 e. The van der Waals surface area contributed by atoms with Crippen molar-refractivity contribution >= 4 is 5.91 Å². The summed E-state index contributed by atoms with van der Waals surface area (Å²) in [5, 5.41) is 8.53. The van der Waals surface area contributed by atoms with Crippen molar-refractivity contribution in [2.75, 3.05) is 33.3 Å². The Bertz CT molecular complexity index is 1060. The second-order valence-corrected chi connectivity index (χ2v) is 8.17. The van der Waals surface area contributed by atoms with Crippen molar-refractivity contribution in [3.63, 3.8) is 0 Å². The van der Waals surface area contributed by atoms with E-state index in [1.807, 2.05) is 47.8 Å². The molecular formula is C23H30N6O3. The van der Waals surface area contributed by atoms with Crippen LogP contribution in [-0.2, 0) is 24.8 Å². The molecule has 9 heteroatoms. The molecule has 0 spiro atoms. The highest BCUT2D eigenvalue weighted by Crippen LogP contribution is 2.20. The van der Waals surface area contributed by atoms with Crippen molar-refractivity contribution in [2.24, 2.45) is 7.05 Å². The molecule has 9 nitrogen and oxygen atoms in total. The summed E-state index contributed by atoms with van der Waals surface area (Å²) in [6.45, 7) is 7.64. The van der Waals surface area contributed by atoms with Gasteiger partial charge in [-0.3, -0.25) is 14.4 Å². The molecule has 1 aliphatic rings. The first-order valence-electron chi connectivity index (χ1n) is 10.9. The molecule has 0 N–H and O–H groups in total.